The number of hydrogen-bond donors (Lipinski definition) is 2. The summed E-state index contributed by atoms with van der Waals surface area (Å²) in [5.41, 5.74) is 1.80. The predicted molar refractivity (Wildman–Crippen MR) is 92.1 cm³/mol. The zero-order valence-electron chi connectivity index (χ0n) is 12.3. The standard InChI is InChI=1S/C18H15ClN2O2/c19-13-5-3-4-12(10-13)8-9-20-18(23)15-11-17(22)21-16-7-2-1-6-14(15)16/h1-7,10-11H,8-9H2,(H,20,23)(H,21,22). The van der Waals surface area contributed by atoms with Gasteiger partial charge in [0.1, 0.15) is 0 Å². The molecule has 0 radical (unpaired) electrons. The van der Waals surface area contributed by atoms with Crippen molar-refractivity contribution >= 4 is 28.4 Å². The number of aromatic nitrogens is 1. The van der Waals surface area contributed by atoms with Crippen molar-refractivity contribution in [3.63, 3.8) is 0 Å². The van der Waals surface area contributed by atoms with Gasteiger partial charge in [-0.2, -0.15) is 0 Å². The smallest absolute Gasteiger partial charge is 0.252 e. The molecule has 0 bridgehead atoms. The third kappa shape index (κ3) is 3.60. The number of rotatable bonds is 4. The Balaban J connectivity index is 1.75. The number of aromatic amines is 1. The van der Waals surface area contributed by atoms with Gasteiger partial charge in [-0.15, -0.1) is 0 Å². The molecule has 1 aromatic heterocycles. The molecule has 116 valence electrons. The monoisotopic (exact) mass is 326 g/mol. The van der Waals surface area contributed by atoms with Gasteiger partial charge in [-0.3, -0.25) is 9.59 Å². The number of amides is 1. The van der Waals surface area contributed by atoms with Crippen molar-refractivity contribution in [3.8, 4) is 0 Å². The summed E-state index contributed by atoms with van der Waals surface area (Å²) in [5, 5.41) is 4.26. The van der Waals surface area contributed by atoms with Gasteiger partial charge in [-0.05, 0) is 30.2 Å². The van der Waals surface area contributed by atoms with Crippen molar-refractivity contribution in [1.29, 1.82) is 0 Å². The lowest BCUT2D eigenvalue weighted by Crippen LogP contribution is -2.27. The molecule has 2 N–H and O–H groups in total. The summed E-state index contributed by atoms with van der Waals surface area (Å²) in [7, 11) is 0. The first kappa shape index (κ1) is 15.3. The molecular weight excluding hydrogens is 312 g/mol. The van der Waals surface area contributed by atoms with Gasteiger partial charge >= 0.3 is 0 Å². The Morgan fingerprint density at radius 3 is 2.74 bits per heavy atom. The van der Waals surface area contributed by atoms with E-state index in [1.807, 2.05) is 42.5 Å². The van der Waals surface area contributed by atoms with Gasteiger partial charge in [0, 0.05) is 28.5 Å². The highest BCUT2D eigenvalue weighted by atomic mass is 35.5. The van der Waals surface area contributed by atoms with E-state index in [9.17, 15) is 9.59 Å². The number of pyridine rings is 1. The number of carbonyl (C=O) groups excluding carboxylic acids is 1. The Hall–Kier alpha value is -2.59. The lowest BCUT2D eigenvalue weighted by Gasteiger charge is -2.08. The van der Waals surface area contributed by atoms with Crippen molar-refractivity contribution in [2.45, 2.75) is 6.42 Å². The average molecular weight is 327 g/mol. The number of hydrogen-bond acceptors (Lipinski definition) is 2. The molecule has 0 spiro atoms. The number of nitrogens with one attached hydrogen (secondary N) is 2. The molecule has 0 fully saturated rings. The Morgan fingerprint density at radius 2 is 1.91 bits per heavy atom. The molecule has 0 saturated heterocycles. The summed E-state index contributed by atoms with van der Waals surface area (Å²) in [6, 6.07) is 16.1. The van der Waals surface area contributed by atoms with Gasteiger partial charge in [0.2, 0.25) is 5.56 Å². The molecule has 3 rings (SSSR count). The Bertz CT molecular complexity index is 918. The van der Waals surface area contributed by atoms with Crippen molar-refractivity contribution in [2.75, 3.05) is 6.54 Å². The van der Waals surface area contributed by atoms with Crippen LogP contribution < -0.4 is 10.9 Å². The van der Waals surface area contributed by atoms with Crippen molar-refractivity contribution in [1.82, 2.24) is 10.3 Å². The molecule has 23 heavy (non-hydrogen) atoms. The maximum Gasteiger partial charge on any atom is 0.252 e. The van der Waals surface area contributed by atoms with E-state index in [1.165, 1.54) is 6.07 Å². The van der Waals surface area contributed by atoms with E-state index in [1.54, 1.807) is 6.07 Å². The molecule has 4 nitrogen and oxygen atoms in total. The van der Waals surface area contributed by atoms with Crippen molar-refractivity contribution < 1.29 is 4.79 Å². The highest BCUT2D eigenvalue weighted by Crippen LogP contribution is 2.14. The largest absolute Gasteiger partial charge is 0.352 e. The molecule has 1 amide bonds. The number of halogens is 1. The number of carbonyl (C=O) groups is 1. The number of H-pyrrole nitrogens is 1. The van der Waals surface area contributed by atoms with E-state index in [4.69, 9.17) is 11.6 Å². The molecule has 5 heteroatoms. The maximum atomic E-state index is 12.4. The minimum Gasteiger partial charge on any atom is -0.352 e. The van der Waals surface area contributed by atoms with Crippen LogP contribution in [0.15, 0.2) is 59.4 Å². The van der Waals surface area contributed by atoms with E-state index in [-0.39, 0.29) is 11.5 Å². The van der Waals surface area contributed by atoms with Crippen LogP contribution >= 0.6 is 11.6 Å². The molecule has 0 atom stereocenters. The molecule has 0 aliphatic rings. The van der Waals surface area contributed by atoms with Gasteiger partial charge in [0.05, 0.1) is 5.56 Å². The summed E-state index contributed by atoms with van der Waals surface area (Å²) in [6.45, 7) is 0.473. The Kier molecular flexibility index (Phi) is 4.44. The van der Waals surface area contributed by atoms with Crippen LogP contribution in [0.2, 0.25) is 5.02 Å². The third-order valence-electron chi connectivity index (χ3n) is 3.58. The van der Waals surface area contributed by atoms with Gasteiger partial charge in [-0.1, -0.05) is 41.9 Å². The second-order valence-electron chi connectivity index (χ2n) is 5.23. The predicted octanol–water partition coefficient (Wildman–Crippen LogP) is 3.15. The fourth-order valence-electron chi connectivity index (χ4n) is 2.50. The van der Waals surface area contributed by atoms with E-state index in [0.29, 0.717) is 29.1 Å². The first-order valence-electron chi connectivity index (χ1n) is 7.28. The Labute approximate surface area is 138 Å². The van der Waals surface area contributed by atoms with Gasteiger partial charge < -0.3 is 10.3 Å². The van der Waals surface area contributed by atoms with Crippen molar-refractivity contribution in [2.24, 2.45) is 0 Å². The van der Waals surface area contributed by atoms with Crippen LogP contribution in [-0.4, -0.2) is 17.4 Å². The minimum absolute atomic E-state index is 0.255. The minimum atomic E-state index is -0.288. The zero-order chi connectivity index (χ0) is 16.2. The van der Waals surface area contributed by atoms with Crippen LogP contribution in [0, 0.1) is 0 Å². The summed E-state index contributed by atoms with van der Waals surface area (Å²) in [4.78, 5) is 26.8. The second kappa shape index (κ2) is 6.67. The van der Waals surface area contributed by atoms with E-state index in [2.05, 4.69) is 10.3 Å². The Morgan fingerprint density at radius 1 is 1.09 bits per heavy atom. The quantitative estimate of drug-likeness (QED) is 0.773. The van der Waals surface area contributed by atoms with E-state index < -0.39 is 0 Å². The van der Waals surface area contributed by atoms with Crippen LogP contribution in [0.3, 0.4) is 0 Å². The average Bonchev–Trinajstić information content (AvgIpc) is 2.54. The highest BCUT2D eigenvalue weighted by molar-refractivity contribution is 6.30. The van der Waals surface area contributed by atoms with Crippen LogP contribution in [-0.2, 0) is 6.42 Å². The van der Waals surface area contributed by atoms with Crippen LogP contribution in [0.1, 0.15) is 15.9 Å². The third-order valence-corrected chi connectivity index (χ3v) is 3.82. The SMILES string of the molecule is O=C(NCCc1cccc(Cl)c1)c1cc(=O)[nH]c2ccccc12. The van der Waals surface area contributed by atoms with Gasteiger partial charge in [0.15, 0.2) is 0 Å². The second-order valence-corrected chi connectivity index (χ2v) is 5.67. The zero-order valence-corrected chi connectivity index (χ0v) is 13.1. The highest BCUT2D eigenvalue weighted by Gasteiger charge is 2.11. The molecule has 0 aliphatic carbocycles. The normalized spacial score (nSPS) is 10.7. The van der Waals surface area contributed by atoms with E-state index in [0.717, 1.165) is 10.9 Å². The van der Waals surface area contributed by atoms with Crippen LogP contribution in [0.4, 0.5) is 0 Å². The molecule has 3 aromatic rings. The molecular formula is C18H15ClN2O2. The molecule has 0 unspecified atom stereocenters. The number of benzene rings is 2. The summed E-state index contributed by atoms with van der Waals surface area (Å²) in [6.07, 6.45) is 0.674. The lowest BCUT2D eigenvalue weighted by molar-refractivity contribution is 0.0955. The molecule has 2 aromatic carbocycles. The van der Waals surface area contributed by atoms with Crippen LogP contribution in [0.5, 0.6) is 0 Å². The fraction of sp³-hybridized carbons (Fsp3) is 0.111. The number of fused-ring (bicyclic) bond motifs is 1. The summed E-state index contributed by atoms with van der Waals surface area (Å²) in [5.74, 6) is -0.255. The first-order valence-corrected chi connectivity index (χ1v) is 7.66. The van der Waals surface area contributed by atoms with Gasteiger partial charge in [0.25, 0.3) is 5.91 Å². The van der Waals surface area contributed by atoms with Gasteiger partial charge in [-0.25, -0.2) is 0 Å². The molecule has 1 heterocycles. The first-order chi connectivity index (χ1) is 11.1. The summed E-state index contributed by atoms with van der Waals surface area (Å²) < 4.78 is 0. The maximum absolute atomic E-state index is 12.4. The van der Waals surface area contributed by atoms with E-state index >= 15 is 0 Å². The summed E-state index contributed by atoms with van der Waals surface area (Å²) >= 11 is 5.94. The molecule has 0 saturated carbocycles. The topological polar surface area (TPSA) is 62.0 Å². The number of para-hydroxylation sites is 1. The lowest BCUT2D eigenvalue weighted by atomic mass is 10.1. The fourth-order valence-corrected chi connectivity index (χ4v) is 2.71. The molecule has 0 aliphatic heterocycles. The van der Waals surface area contributed by atoms with Crippen molar-refractivity contribution in [3.05, 3.63) is 81.1 Å². The van der Waals surface area contributed by atoms with Crippen LogP contribution in [0.25, 0.3) is 10.9 Å².